The van der Waals surface area contributed by atoms with Crippen LogP contribution in [0.25, 0.3) is 22.5 Å². The molecule has 6 nitrogen and oxygen atoms in total. The van der Waals surface area contributed by atoms with E-state index in [1.54, 1.807) is 27.7 Å². The largest absolute Gasteiger partial charge is 0.388 e. The molecule has 0 saturated heterocycles. The molecule has 0 radical (unpaired) electrons. The first-order valence-corrected chi connectivity index (χ1v) is 14.6. The minimum atomic E-state index is -0.982. The molecule has 0 amide bonds. The number of ketones is 1. The third-order valence-electron chi connectivity index (χ3n) is 6.92. The van der Waals surface area contributed by atoms with E-state index in [1.807, 2.05) is 0 Å². The lowest BCUT2D eigenvalue weighted by atomic mass is 9.98. The predicted octanol–water partition coefficient (Wildman–Crippen LogP) is 7.97. The van der Waals surface area contributed by atoms with Crippen molar-refractivity contribution in [1.82, 2.24) is 9.13 Å². The first-order valence-electron chi connectivity index (χ1n) is 13.8. The summed E-state index contributed by atoms with van der Waals surface area (Å²) in [7, 11) is 0. The maximum Gasteiger partial charge on any atom is 0.269 e. The van der Waals surface area contributed by atoms with Crippen LogP contribution in [0.1, 0.15) is 62.6 Å². The molecule has 1 N–H and O–H groups in total. The van der Waals surface area contributed by atoms with Crippen molar-refractivity contribution >= 4 is 29.0 Å². The normalized spacial score (nSPS) is 11.6. The SMILES string of the molecule is CCC(=O)c1cc(Cl)c(=O)n(CC)c1-c1c(F)cccc1F.CCC(O)c1cc(Cl)c(=O)n(CC)c1-c1c(F)cccc1F. The van der Waals surface area contributed by atoms with Gasteiger partial charge in [-0.25, -0.2) is 17.6 Å². The summed E-state index contributed by atoms with van der Waals surface area (Å²) in [6.45, 7) is 6.96. The molecular formula is C32H30Cl2F4N2O4. The Morgan fingerprint density at radius 3 is 1.57 bits per heavy atom. The topological polar surface area (TPSA) is 81.3 Å². The second kappa shape index (κ2) is 14.8. The fraction of sp³-hybridized carbons (Fsp3) is 0.281. The zero-order chi connectivity index (χ0) is 32.9. The first-order chi connectivity index (χ1) is 20.8. The maximum absolute atomic E-state index is 14.2. The van der Waals surface area contributed by atoms with E-state index in [1.165, 1.54) is 28.8 Å². The Bertz CT molecular complexity index is 1780. The van der Waals surface area contributed by atoms with Crippen LogP contribution in [0.2, 0.25) is 10.0 Å². The van der Waals surface area contributed by atoms with Crippen molar-refractivity contribution < 1.29 is 27.5 Å². The van der Waals surface area contributed by atoms with Gasteiger partial charge >= 0.3 is 0 Å². The number of aliphatic hydroxyl groups is 1. The van der Waals surface area contributed by atoms with Gasteiger partial charge in [-0.05, 0) is 56.7 Å². The summed E-state index contributed by atoms with van der Waals surface area (Å²) in [5, 5.41) is 9.92. The Balaban J connectivity index is 0.000000240. The minimum Gasteiger partial charge on any atom is -0.388 e. The number of aromatic nitrogens is 2. The highest BCUT2D eigenvalue weighted by atomic mass is 35.5. The number of Topliss-reactive ketones (excluding diaryl/α,β-unsaturated/α-hetero) is 1. The van der Waals surface area contributed by atoms with Crippen molar-refractivity contribution in [3.05, 3.63) is 114 Å². The van der Waals surface area contributed by atoms with Gasteiger partial charge < -0.3 is 14.2 Å². The first kappa shape index (κ1) is 34.8. The van der Waals surface area contributed by atoms with Crippen LogP contribution in [0.5, 0.6) is 0 Å². The quantitative estimate of drug-likeness (QED) is 0.155. The number of hydrogen-bond acceptors (Lipinski definition) is 4. The fourth-order valence-corrected chi connectivity index (χ4v) is 5.19. The molecule has 0 fully saturated rings. The van der Waals surface area contributed by atoms with Crippen LogP contribution in [0, 0.1) is 23.3 Å². The summed E-state index contributed by atoms with van der Waals surface area (Å²) < 4.78 is 58.9. The number of hydrogen-bond donors (Lipinski definition) is 1. The summed E-state index contributed by atoms with van der Waals surface area (Å²) in [5.74, 6) is -3.62. The average Bonchev–Trinajstić information content (AvgIpc) is 2.99. The highest BCUT2D eigenvalue weighted by Crippen LogP contribution is 2.34. The molecule has 0 aliphatic heterocycles. The van der Waals surface area contributed by atoms with E-state index < -0.39 is 46.1 Å². The number of rotatable bonds is 8. The second-order valence-electron chi connectivity index (χ2n) is 9.54. The van der Waals surface area contributed by atoms with Gasteiger partial charge in [-0.1, -0.05) is 49.2 Å². The molecular weight excluding hydrogens is 623 g/mol. The van der Waals surface area contributed by atoms with E-state index in [-0.39, 0.29) is 63.4 Å². The summed E-state index contributed by atoms with van der Waals surface area (Å²) in [4.78, 5) is 36.5. The van der Waals surface area contributed by atoms with Crippen molar-refractivity contribution in [2.45, 2.75) is 59.7 Å². The number of benzene rings is 2. The molecule has 0 saturated carbocycles. The van der Waals surface area contributed by atoms with Gasteiger partial charge in [0.15, 0.2) is 5.78 Å². The lowest BCUT2D eigenvalue weighted by Crippen LogP contribution is -2.25. The smallest absolute Gasteiger partial charge is 0.269 e. The molecule has 0 aliphatic rings. The van der Waals surface area contributed by atoms with Crippen molar-refractivity contribution in [3.63, 3.8) is 0 Å². The number of carbonyl (C=O) groups excluding carboxylic acids is 1. The molecule has 4 aromatic rings. The monoisotopic (exact) mass is 652 g/mol. The van der Waals surface area contributed by atoms with Gasteiger partial charge in [0, 0.05) is 30.6 Å². The lowest BCUT2D eigenvalue weighted by Gasteiger charge is -2.20. The number of nitrogens with zero attached hydrogens (tertiary/aromatic N) is 2. The van der Waals surface area contributed by atoms with Gasteiger partial charge in [0.2, 0.25) is 0 Å². The minimum absolute atomic E-state index is 0.0295. The Labute approximate surface area is 261 Å². The van der Waals surface area contributed by atoms with Crippen molar-refractivity contribution in [3.8, 4) is 22.5 Å². The van der Waals surface area contributed by atoms with Gasteiger partial charge in [0.1, 0.15) is 33.3 Å². The van der Waals surface area contributed by atoms with E-state index in [4.69, 9.17) is 23.2 Å². The molecule has 2 heterocycles. The van der Waals surface area contributed by atoms with Crippen LogP contribution in [0.3, 0.4) is 0 Å². The summed E-state index contributed by atoms with van der Waals surface area (Å²) >= 11 is 11.8. The van der Waals surface area contributed by atoms with Crippen LogP contribution in [-0.4, -0.2) is 20.0 Å². The summed E-state index contributed by atoms with van der Waals surface area (Å²) in [6.07, 6.45) is -0.535. The van der Waals surface area contributed by atoms with Gasteiger partial charge in [-0.15, -0.1) is 0 Å². The second-order valence-corrected chi connectivity index (χ2v) is 10.4. The van der Waals surface area contributed by atoms with Gasteiger partial charge in [0.25, 0.3) is 11.1 Å². The Morgan fingerprint density at radius 1 is 0.750 bits per heavy atom. The Morgan fingerprint density at radius 2 is 1.16 bits per heavy atom. The third-order valence-corrected chi connectivity index (χ3v) is 7.46. The highest BCUT2D eigenvalue weighted by molar-refractivity contribution is 6.31. The molecule has 0 bridgehead atoms. The van der Waals surface area contributed by atoms with E-state index in [2.05, 4.69) is 0 Å². The predicted molar refractivity (Wildman–Crippen MR) is 163 cm³/mol. The van der Waals surface area contributed by atoms with Crippen LogP contribution in [-0.2, 0) is 13.1 Å². The molecule has 234 valence electrons. The average molecular weight is 654 g/mol. The molecule has 12 heteroatoms. The maximum atomic E-state index is 14.2. The molecule has 2 aromatic heterocycles. The van der Waals surface area contributed by atoms with Crippen LogP contribution < -0.4 is 11.1 Å². The Kier molecular flexibility index (Phi) is 11.7. The molecule has 44 heavy (non-hydrogen) atoms. The zero-order valence-electron chi connectivity index (χ0n) is 24.4. The van der Waals surface area contributed by atoms with Crippen molar-refractivity contribution in [2.24, 2.45) is 0 Å². The van der Waals surface area contributed by atoms with Crippen LogP contribution >= 0.6 is 23.2 Å². The lowest BCUT2D eigenvalue weighted by molar-refractivity contribution is 0.0988. The Hall–Kier alpha value is -3.73. The molecule has 1 atom stereocenters. The van der Waals surface area contributed by atoms with E-state index in [0.29, 0.717) is 6.42 Å². The van der Waals surface area contributed by atoms with E-state index >= 15 is 0 Å². The summed E-state index contributed by atoms with van der Waals surface area (Å²) in [5.41, 5.74) is -1.63. The molecule has 0 aliphatic carbocycles. The number of halogens is 6. The van der Waals surface area contributed by atoms with Gasteiger partial charge in [0.05, 0.1) is 28.6 Å². The molecule has 4 rings (SSSR count). The zero-order valence-corrected chi connectivity index (χ0v) is 25.9. The van der Waals surface area contributed by atoms with E-state index in [0.717, 1.165) is 28.8 Å². The van der Waals surface area contributed by atoms with Crippen LogP contribution in [0.15, 0.2) is 58.1 Å². The number of carbonyl (C=O) groups is 1. The van der Waals surface area contributed by atoms with Gasteiger partial charge in [-0.3, -0.25) is 14.4 Å². The third kappa shape index (κ3) is 6.82. The van der Waals surface area contributed by atoms with E-state index in [9.17, 15) is 37.1 Å². The van der Waals surface area contributed by atoms with Gasteiger partial charge in [-0.2, -0.15) is 0 Å². The fourth-order valence-electron chi connectivity index (χ4n) is 4.76. The number of pyridine rings is 2. The van der Waals surface area contributed by atoms with Crippen molar-refractivity contribution in [1.29, 1.82) is 0 Å². The van der Waals surface area contributed by atoms with Crippen LogP contribution in [0.4, 0.5) is 17.6 Å². The molecule has 2 aromatic carbocycles. The van der Waals surface area contributed by atoms with Crippen molar-refractivity contribution in [2.75, 3.05) is 0 Å². The molecule has 0 spiro atoms. The number of aliphatic hydroxyl groups excluding tert-OH is 1. The standard InChI is InChI=1S/C16H16ClF2NO2.C16H14ClF2NO2/c2*1-3-13(21)9-8-10(17)16(22)20(4-2)15(9)14-11(18)6-5-7-12(14)19/h5-8,13,21H,3-4H2,1-2H3;5-8H,3-4H2,1-2H3. The molecule has 1 unspecified atom stereocenters. The summed E-state index contributed by atoms with van der Waals surface area (Å²) in [6, 6.07) is 9.32. The highest BCUT2D eigenvalue weighted by Gasteiger charge is 2.25.